The van der Waals surface area contributed by atoms with Crippen LogP contribution in [0.1, 0.15) is 22.0 Å². The molecular formula is C12H10ClN3O4S. The number of carbonyl (C=O) groups is 1. The molecule has 2 aromatic heterocycles. The first-order valence-electron chi connectivity index (χ1n) is 5.77. The minimum Gasteiger partial charge on any atom is -0.387 e. The van der Waals surface area contributed by atoms with Crippen molar-refractivity contribution in [3.63, 3.8) is 0 Å². The molecule has 2 rings (SSSR count). The van der Waals surface area contributed by atoms with Crippen LogP contribution in [0.4, 0.5) is 5.69 Å². The van der Waals surface area contributed by atoms with Crippen molar-refractivity contribution < 1.29 is 14.8 Å². The highest BCUT2D eigenvalue weighted by Crippen LogP contribution is 2.21. The Labute approximate surface area is 128 Å². The molecular weight excluding hydrogens is 318 g/mol. The Kier molecular flexibility index (Phi) is 4.84. The lowest BCUT2D eigenvalue weighted by atomic mass is 10.2. The van der Waals surface area contributed by atoms with Gasteiger partial charge in [-0.2, -0.15) is 11.3 Å². The zero-order chi connectivity index (χ0) is 15.4. The first kappa shape index (κ1) is 15.4. The summed E-state index contributed by atoms with van der Waals surface area (Å²) in [6.07, 6.45) is 0.0450. The molecule has 9 heteroatoms. The number of rotatable bonds is 5. The van der Waals surface area contributed by atoms with E-state index in [1.165, 1.54) is 11.3 Å². The summed E-state index contributed by atoms with van der Waals surface area (Å²) in [6, 6.07) is 2.85. The van der Waals surface area contributed by atoms with Gasteiger partial charge in [-0.05, 0) is 28.5 Å². The number of halogens is 1. The second-order valence-corrected chi connectivity index (χ2v) is 5.23. The zero-order valence-corrected chi connectivity index (χ0v) is 12.1. The third-order valence-corrected chi connectivity index (χ3v) is 3.58. The number of pyridine rings is 1. The molecule has 0 aliphatic carbocycles. The van der Waals surface area contributed by atoms with Crippen molar-refractivity contribution >= 4 is 34.5 Å². The normalized spacial score (nSPS) is 11.9. The summed E-state index contributed by atoms with van der Waals surface area (Å²) < 4.78 is 0. The highest BCUT2D eigenvalue weighted by atomic mass is 35.5. The van der Waals surface area contributed by atoms with Gasteiger partial charge in [0, 0.05) is 6.54 Å². The fraction of sp³-hybridized carbons (Fsp3) is 0.167. The molecule has 0 aromatic carbocycles. The Morgan fingerprint density at radius 2 is 2.38 bits per heavy atom. The lowest BCUT2D eigenvalue weighted by molar-refractivity contribution is -0.385. The number of carbonyl (C=O) groups excluding carboxylic acids is 1. The van der Waals surface area contributed by atoms with Gasteiger partial charge < -0.3 is 10.4 Å². The first-order valence-corrected chi connectivity index (χ1v) is 7.09. The summed E-state index contributed by atoms with van der Waals surface area (Å²) in [4.78, 5) is 25.7. The van der Waals surface area contributed by atoms with Crippen LogP contribution >= 0.6 is 22.9 Å². The van der Waals surface area contributed by atoms with Gasteiger partial charge >= 0.3 is 0 Å². The zero-order valence-electron chi connectivity index (χ0n) is 10.5. The van der Waals surface area contributed by atoms with E-state index >= 15 is 0 Å². The van der Waals surface area contributed by atoms with Crippen molar-refractivity contribution in [2.75, 3.05) is 6.54 Å². The molecule has 21 heavy (non-hydrogen) atoms. The molecule has 0 saturated heterocycles. The predicted molar refractivity (Wildman–Crippen MR) is 77.5 cm³/mol. The number of thiophene rings is 1. The fourth-order valence-electron chi connectivity index (χ4n) is 1.62. The number of aliphatic hydroxyl groups is 1. The number of hydrogen-bond acceptors (Lipinski definition) is 6. The van der Waals surface area contributed by atoms with Crippen molar-refractivity contribution in [2.24, 2.45) is 0 Å². The number of nitrogens with zero attached hydrogens (tertiary/aromatic N) is 2. The number of amides is 1. The van der Waals surface area contributed by atoms with E-state index in [4.69, 9.17) is 11.6 Å². The van der Waals surface area contributed by atoms with Crippen LogP contribution in [0, 0.1) is 10.1 Å². The van der Waals surface area contributed by atoms with Gasteiger partial charge in [-0.15, -0.1) is 0 Å². The number of nitrogens with one attached hydrogen (secondary N) is 1. The van der Waals surface area contributed by atoms with Gasteiger partial charge in [-0.25, -0.2) is 4.98 Å². The van der Waals surface area contributed by atoms with E-state index in [2.05, 4.69) is 10.3 Å². The van der Waals surface area contributed by atoms with Gasteiger partial charge in [0.05, 0.1) is 11.0 Å². The van der Waals surface area contributed by atoms with Gasteiger partial charge in [-0.3, -0.25) is 14.9 Å². The van der Waals surface area contributed by atoms with Crippen LogP contribution in [0.3, 0.4) is 0 Å². The van der Waals surface area contributed by atoms with Crippen LogP contribution in [0.15, 0.2) is 29.1 Å². The molecule has 0 bridgehead atoms. The summed E-state index contributed by atoms with van der Waals surface area (Å²) in [5.41, 5.74) is 0.0296. The van der Waals surface area contributed by atoms with Crippen LogP contribution in [0.2, 0.25) is 5.15 Å². The molecule has 1 atom stereocenters. The quantitative estimate of drug-likeness (QED) is 0.497. The minimum atomic E-state index is -0.878. The molecule has 2 N–H and O–H groups in total. The molecule has 7 nitrogen and oxygen atoms in total. The first-order chi connectivity index (χ1) is 9.99. The topological polar surface area (TPSA) is 105 Å². The Bertz CT molecular complexity index is 663. The Balaban J connectivity index is 2.10. The lowest BCUT2D eigenvalue weighted by Gasteiger charge is -2.10. The maximum Gasteiger partial charge on any atom is 0.300 e. The molecule has 0 radical (unpaired) electrons. The monoisotopic (exact) mass is 327 g/mol. The molecule has 0 spiro atoms. The highest BCUT2D eigenvalue weighted by Gasteiger charge is 2.22. The van der Waals surface area contributed by atoms with Crippen molar-refractivity contribution in [1.82, 2.24) is 10.3 Å². The van der Waals surface area contributed by atoms with Crippen molar-refractivity contribution in [3.8, 4) is 0 Å². The van der Waals surface area contributed by atoms with Crippen molar-refractivity contribution in [3.05, 3.63) is 55.5 Å². The summed E-state index contributed by atoms with van der Waals surface area (Å²) in [5.74, 6) is -0.694. The minimum absolute atomic E-state index is 0.0240. The number of aromatic nitrogens is 1. The number of aliphatic hydroxyl groups excluding tert-OH is 1. The van der Waals surface area contributed by atoms with Crippen LogP contribution < -0.4 is 5.32 Å². The molecule has 110 valence electrons. The van der Waals surface area contributed by atoms with Gasteiger partial charge in [0.25, 0.3) is 11.6 Å². The summed E-state index contributed by atoms with van der Waals surface area (Å²) in [5, 5.41) is 26.7. The average Bonchev–Trinajstić information content (AvgIpc) is 2.98. The van der Waals surface area contributed by atoms with Crippen molar-refractivity contribution in [2.45, 2.75) is 6.10 Å². The van der Waals surface area contributed by atoms with E-state index in [9.17, 15) is 20.0 Å². The molecule has 1 amide bonds. The van der Waals surface area contributed by atoms with E-state index in [-0.39, 0.29) is 17.3 Å². The second-order valence-electron chi connectivity index (χ2n) is 4.06. The lowest BCUT2D eigenvalue weighted by Crippen LogP contribution is -2.28. The van der Waals surface area contributed by atoms with Gasteiger partial charge in [0.15, 0.2) is 0 Å². The molecule has 0 aliphatic heterocycles. The largest absolute Gasteiger partial charge is 0.387 e. The average molecular weight is 328 g/mol. The van der Waals surface area contributed by atoms with E-state index < -0.39 is 22.6 Å². The Morgan fingerprint density at radius 3 is 3.00 bits per heavy atom. The number of nitro groups is 1. The van der Waals surface area contributed by atoms with E-state index in [1.54, 1.807) is 16.8 Å². The molecule has 1 unspecified atom stereocenters. The predicted octanol–water partition coefficient (Wildman–Crippen LogP) is 2.17. The molecule has 0 saturated carbocycles. The fourth-order valence-corrected chi connectivity index (χ4v) is 2.48. The van der Waals surface area contributed by atoms with E-state index in [0.29, 0.717) is 5.56 Å². The molecule has 2 aromatic rings. The van der Waals surface area contributed by atoms with Gasteiger partial charge in [-0.1, -0.05) is 11.6 Å². The third kappa shape index (κ3) is 3.75. The molecule has 0 fully saturated rings. The third-order valence-electron chi connectivity index (χ3n) is 2.67. The van der Waals surface area contributed by atoms with Crippen LogP contribution in [-0.2, 0) is 0 Å². The SMILES string of the molecule is O=C(NCC(O)c1ccsc1)c1cc(Cl)ncc1[N+](=O)[O-]. The maximum absolute atomic E-state index is 12.0. The van der Waals surface area contributed by atoms with Crippen LogP contribution in [0.25, 0.3) is 0 Å². The molecule has 2 heterocycles. The van der Waals surface area contributed by atoms with Crippen molar-refractivity contribution in [1.29, 1.82) is 0 Å². The van der Waals surface area contributed by atoms with E-state index in [0.717, 1.165) is 12.3 Å². The second kappa shape index (κ2) is 6.61. The van der Waals surface area contributed by atoms with Crippen LogP contribution in [-0.4, -0.2) is 27.5 Å². The Hall–Kier alpha value is -2.03. The summed E-state index contributed by atoms with van der Waals surface area (Å²) in [6.45, 7) is -0.0628. The van der Waals surface area contributed by atoms with Gasteiger partial charge in [0.1, 0.15) is 16.9 Å². The highest BCUT2D eigenvalue weighted by molar-refractivity contribution is 7.07. The molecule has 0 aliphatic rings. The summed E-state index contributed by atoms with van der Waals surface area (Å²) >= 11 is 7.07. The smallest absolute Gasteiger partial charge is 0.300 e. The maximum atomic E-state index is 12.0. The Morgan fingerprint density at radius 1 is 1.62 bits per heavy atom. The van der Waals surface area contributed by atoms with Gasteiger partial charge in [0.2, 0.25) is 0 Å². The standard InChI is InChI=1S/C12H10ClN3O4S/c13-11-3-8(9(4-14-11)16(19)20)12(18)15-5-10(17)7-1-2-21-6-7/h1-4,6,10,17H,5H2,(H,15,18). The van der Waals surface area contributed by atoms with E-state index in [1.807, 2.05) is 0 Å². The number of hydrogen-bond donors (Lipinski definition) is 2. The van der Waals surface area contributed by atoms with Crippen LogP contribution in [0.5, 0.6) is 0 Å². The summed E-state index contributed by atoms with van der Waals surface area (Å²) in [7, 11) is 0.